The lowest BCUT2D eigenvalue weighted by molar-refractivity contribution is 0.378. The second-order valence-corrected chi connectivity index (χ2v) is 7.23. The largest absolute Gasteiger partial charge is 0.133 e. The van der Waals surface area contributed by atoms with Crippen molar-refractivity contribution in [3.63, 3.8) is 0 Å². The van der Waals surface area contributed by atoms with Crippen LogP contribution in [0.5, 0.6) is 0 Å². The fraction of sp³-hybridized carbons (Fsp3) is 0.636. The molecule has 0 radical (unpaired) electrons. The van der Waals surface area contributed by atoms with Crippen LogP contribution in [0.1, 0.15) is 25.6 Å². The van der Waals surface area contributed by atoms with Crippen LogP contribution >= 0.6 is 38.9 Å². The minimum Gasteiger partial charge on any atom is -0.133 e. The van der Waals surface area contributed by atoms with Gasteiger partial charge >= 0.3 is 0 Å². The Morgan fingerprint density at radius 3 is 2.36 bits per heavy atom. The van der Waals surface area contributed by atoms with Gasteiger partial charge in [-0.2, -0.15) is 0 Å². The molecule has 2 atom stereocenters. The Morgan fingerprint density at radius 2 is 2.00 bits per heavy atom. The summed E-state index contributed by atoms with van der Waals surface area (Å²) < 4.78 is 1.21. The van der Waals surface area contributed by atoms with Gasteiger partial charge in [-0.3, -0.25) is 0 Å². The van der Waals surface area contributed by atoms with Crippen LogP contribution in [0.25, 0.3) is 0 Å². The van der Waals surface area contributed by atoms with E-state index in [1.807, 2.05) is 11.3 Å². The van der Waals surface area contributed by atoms with E-state index in [1.165, 1.54) is 8.66 Å². The predicted molar refractivity (Wildman–Crippen MR) is 69.4 cm³/mol. The van der Waals surface area contributed by atoms with E-state index in [0.29, 0.717) is 11.8 Å². The zero-order chi connectivity index (χ0) is 10.7. The maximum Gasteiger partial charge on any atom is 0.0701 e. The third-order valence-corrected chi connectivity index (χ3v) is 4.48. The summed E-state index contributed by atoms with van der Waals surface area (Å²) in [6.07, 6.45) is 1.10. The van der Waals surface area contributed by atoms with Crippen molar-refractivity contribution < 1.29 is 0 Å². The van der Waals surface area contributed by atoms with Gasteiger partial charge in [0.15, 0.2) is 0 Å². The number of thiophene rings is 1. The van der Waals surface area contributed by atoms with Crippen molar-refractivity contribution in [2.45, 2.75) is 32.6 Å². The highest BCUT2D eigenvalue weighted by Gasteiger charge is 2.19. The molecule has 1 aromatic heterocycles. The Labute approximate surface area is 104 Å². The van der Waals surface area contributed by atoms with Crippen LogP contribution in [0.4, 0.5) is 0 Å². The fourth-order valence-electron chi connectivity index (χ4n) is 1.62. The number of hydrogen-bond donors (Lipinski definition) is 0. The lowest BCUT2D eigenvalue weighted by Crippen LogP contribution is -2.20. The van der Waals surface area contributed by atoms with Crippen LogP contribution in [0.2, 0.25) is 0 Å². The zero-order valence-corrected chi connectivity index (χ0v) is 11.9. The highest BCUT2D eigenvalue weighted by molar-refractivity contribution is 9.11. The summed E-state index contributed by atoms with van der Waals surface area (Å²) in [5.41, 5.74) is 0. The summed E-state index contributed by atoms with van der Waals surface area (Å²) in [6, 6.07) is 4.29. The first-order valence-electron chi connectivity index (χ1n) is 4.89. The molecule has 0 saturated heterocycles. The van der Waals surface area contributed by atoms with Crippen molar-refractivity contribution in [2.75, 3.05) is 0 Å². The maximum absolute atomic E-state index is 6.19. The quantitative estimate of drug-likeness (QED) is 0.689. The predicted octanol–water partition coefficient (Wildman–Crippen LogP) is 4.95. The Kier molecular flexibility index (Phi) is 4.95. The monoisotopic (exact) mass is 294 g/mol. The Morgan fingerprint density at radius 1 is 1.36 bits per heavy atom. The van der Waals surface area contributed by atoms with Crippen molar-refractivity contribution in [3.8, 4) is 0 Å². The molecule has 0 N–H and O–H groups in total. The lowest BCUT2D eigenvalue weighted by atomic mass is 9.89. The fourth-order valence-corrected chi connectivity index (χ4v) is 3.56. The van der Waals surface area contributed by atoms with E-state index in [9.17, 15) is 0 Å². The summed E-state index contributed by atoms with van der Waals surface area (Å²) in [6.45, 7) is 6.58. The Balaban J connectivity index is 2.64. The molecule has 1 heterocycles. The average molecular weight is 296 g/mol. The minimum absolute atomic E-state index is 0.246. The minimum atomic E-state index is 0.246. The van der Waals surface area contributed by atoms with Gasteiger partial charge in [0.1, 0.15) is 0 Å². The second kappa shape index (κ2) is 5.53. The summed E-state index contributed by atoms with van der Waals surface area (Å²) >= 11 is 11.5. The first-order valence-corrected chi connectivity index (χ1v) is 6.93. The molecule has 0 nitrogen and oxygen atoms in total. The van der Waals surface area contributed by atoms with Crippen molar-refractivity contribution in [1.82, 2.24) is 0 Å². The molecule has 14 heavy (non-hydrogen) atoms. The first-order chi connectivity index (χ1) is 6.50. The van der Waals surface area contributed by atoms with Gasteiger partial charge < -0.3 is 0 Å². The van der Waals surface area contributed by atoms with Gasteiger partial charge in [-0.15, -0.1) is 22.9 Å². The van der Waals surface area contributed by atoms with Gasteiger partial charge in [-0.1, -0.05) is 13.8 Å². The van der Waals surface area contributed by atoms with E-state index in [2.05, 4.69) is 48.8 Å². The molecule has 1 rings (SSSR count). The van der Waals surface area contributed by atoms with Crippen molar-refractivity contribution in [1.29, 1.82) is 0 Å². The smallest absolute Gasteiger partial charge is 0.0701 e. The number of rotatable bonds is 4. The van der Waals surface area contributed by atoms with Crippen LogP contribution in [0.15, 0.2) is 15.9 Å². The Bertz CT molecular complexity index is 273. The van der Waals surface area contributed by atoms with Crippen LogP contribution < -0.4 is 0 Å². The molecule has 1 aromatic rings. The molecule has 0 aliphatic heterocycles. The summed E-state index contributed by atoms with van der Waals surface area (Å²) in [5.74, 6) is 1.21. The topological polar surface area (TPSA) is 0 Å². The van der Waals surface area contributed by atoms with E-state index in [-0.39, 0.29) is 5.38 Å². The van der Waals surface area contributed by atoms with E-state index < -0.39 is 0 Å². The van der Waals surface area contributed by atoms with E-state index in [0.717, 1.165) is 6.42 Å². The van der Waals surface area contributed by atoms with Crippen molar-refractivity contribution >= 4 is 38.9 Å². The molecule has 0 aromatic carbocycles. The van der Waals surface area contributed by atoms with Gasteiger partial charge in [0.05, 0.1) is 3.79 Å². The zero-order valence-electron chi connectivity index (χ0n) is 8.76. The molecule has 0 bridgehead atoms. The van der Waals surface area contributed by atoms with Crippen LogP contribution in [0.3, 0.4) is 0 Å². The SMILES string of the molecule is CC(C)C(Cc1ccc(Br)s1)C(C)Cl. The third-order valence-electron chi connectivity index (χ3n) is 2.51. The van der Waals surface area contributed by atoms with E-state index in [1.54, 1.807) is 0 Å². The van der Waals surface area contributed by atoms with Crippen LogP contribution in [-0.4, -0.2) is 5.38 Å². The first kappa shape index (κ1) is 12.5. The highest BCUT2D eigenvalue weighted by Crippen LogP contribution is 2.29. The van der Waals surface area contributed by atoms with E-state index in [4.69, 9.17) is 11.6 Å². The van der Waals surface area contributed by atoms with Gasteiger partial charge in [0.2, 0.25) is 0 Å². The summed E-state index contributed by atoms with van der Waals surface area (Å²) in [4.78, 5) is 1.42. The van der Waals surface area contributed by atoms with Crippen LogP contribution in [-0.2, 0) is 6.42 Å². The van der Waals surface area contributed by atoms with Crippen LogP contribution in [0, 0.1) is 11.8 Å². The molecule has 0 spiro atoms. The summed E-state index contributed by atoms with van der Waals surface area (Å²) in [7, 11) is 0. The maximum atomic E-state index is 6.19. The van der Waals surface area contributed by atoms with Gasteiger partial charge in [0, 0.05) is 10.3 Å². The molecule has 0 aliphatic carbocycles. The average Bonchev–Trinajstić information content (AvgIpc) is 2.46. The molecule has 80 valence electrons. The van der Waals surface area contributed by atoms with Crippen molar-refractivity contribution in [3.05, 3.63) is 20.8 Å². The van der Waals surface area contributed by atoms with Gasteiger partial charge in [-0.25, -0.2) is 0 Å². The molecular formula is C11H16BrClS. The second-order valence-electron chi connectivity index (χ2n) is 4.00. The number of hydrogen-bond acceptors (Lipinski definition) is 1. The standard InChI is InChI=1S/C11H16BrClS/c1-7(2)10(8(3)13)6-9-4-5-11(12)14-9/h4-5,7-8,10H,6H2,1-3H3. The third kappa shape index (κ3) is 3.56. The van der Waals surface area contributed by atoms with E-state index >= 15 is 0 Å². The normalized spacial score (nSPS) is 15.9. The molecule has 0 fully saturated rings. The summed E-state index contributed by atoms with van der Waals surface area (Å²) in [5, 5.41) is 0.246. The Hall–Kier alpha value is 0.470. The van der Waals surface area contributed by atoms with Crippen molar-refractivity contribution in [2.24, 2.45) is 11.8 Å². The molecule has 2 unspecified atom stereocenters. The molecular weight excluding hydrogens is 280 g/mol. The molecule has 0 aliphatic rings. The lowest BCUT2D eigenvalue weighted by Gasteiger charge is -2.22. The van der Waals surface area contributed by atoms with Gasteiger partial charge in [-0.05, 0) is 53.2 Å². The molecule has 0 saturated carbocycles. The molecule has 0 amide bonds. The number of alkyl halides is 1. The highest BCUT2D eigenvalue weighted by atomic mass is 79.9. The number of halogens is 2. The molecule has 3 heteroatoms. The van der Waals surface area contributed by atoms with Gasteiger partial charge in [0.25, 0.3) is 0 Å².